The Morgan fingerprint density at radius 3 is 2.41 bits per heavy atom. The molecule has 1 amide bonds. The van der Waals surface area contributed by atoms with Crippen molar-refractivity contribution >= 4 is 5.91 Å². The van der Waals surface area contributed by atoms with Gasteiger partial charge in [-0.25, -0.2) is 4.39 Å². The summed E-state index contributed by atoms with van der Waals surface area (Å²) in [5.41, 5.74) is 2.00. The number of carbonyl (C=O) groups is 1. The lowest BCUT2D eigenvalue weighted by Gasteiger charge is -2.28. The highest BCUT2D eigenvalue weighted by Crippen LogP contribution is 2.26. The fourth-order valence-corrected chi connectivity index (χ4v) is 3.52. The van der Waals surface area contributed by atoms with E-state index in [2.05, 4.69) is 22.3 Å². The number of ether oxygens (including phenoxy) is 1. The molecule has 1 saturated heterocycles. The van der Waals surface area contributed by atoms with Gasteiger partial charge in [-0.2, -0.15) is 0 Å². The number of halogens is 1. The van der Waals surface area contributed by atoms with Crippen LogP contribution >= 0.6 is 0 Å². The zero-order chi connectivity index (χ0) is 19.1. The largest absolute Gasteiger partial charge is 0.494 e. The molecule has 1 aliphatic rings. The number of likely N-dealkylation sites (tertiary alicyclic amines) is 1. The van der Waals surface area contributed by atoms with Crippen LogP contribution in [0.5, 0.6) is 5.75 Å². The van der Waals surface area contributed by atoms with Crippen molar-refractivity contribution in [2.75, 3.05) is 26.2 Å². The molecule has 0 aromatic heterocycles. The third kappa shape index (κ3) is 5.54. The number of carbonyl (C=O) groups excluding carboxylic acids is 1. The van der Waals surface area contributed by atoms with E-state index >= 15 is 0 Å². The second kappa shape index (κ2) is 9.51. The van der Waals surface area contributed by atoms with Gasteiger partial charge in [-0.1, -0.05) is 24.3 Å². The summed E-state index contributed by atoms with van der Waals surface area (Å²) in [6, 6.07) is 14.4. The zero-order valence-corrected chi connectivity index (χ0v) is 15.8. The van der Waals surface area contributed by atoms with E-state index in [0.29, 0.717) is 13.2 Å². The van der Waals surface area contributed by atoms with Gasteiger partial charge in [-0.05, 0) is 68.2 Å². The summed E-state index contributed by atoms with van der Waals surface area (Å²) in [7, 11) is 0. The number of nitrogens with zero attached hydrogens (tertiary/aromatic N) is 1. The molecular weight excluding hydrogens is 343 g/mol. The van der Waals surface area contributed by atoms with Crippen LogP contribution in [0.15, 0.2) is 48.5 Å². The van der Waals surface area contributed by atoms with Crippen LogP contribution in [0, 0.1) is 5.82 Å². The number of nitrogens with one attached hydrogen (secondary N) is 1. The Morgan fingerprint density at radius 1 is 1.11 bits per heavy atom. The number of benzene rings is 2. The topological polar surface area (TPSA) is 41.6 Å². The van der Waals surface area contributed by atoms with Crippen molar-refractivity contribution in [3.8, 4) is 5.75 Å². The first kappa shape index (κ1) is 19.4. The molecule has 0 bridgehead atoms. The first-order chi connectivity index (χ1) is 13.2. The summed E-state index contributed by atoms with van der Waals surface area (Å²) in [6.45, 7) is 5.28. The normalized spacial score (nSPS) is 15.5. The lowest BCUT2D eigenvalue weighted by molar-refractivity contribution is -0.120. The Morgan fingerprint density at radius 2 is 1.78 bits per heavy atom. The molecule has 1 atom stereocenters. The maximum absolute atomic E-state index is 13.0. The van der Waals surface area contributed by atoms with E-state index in [-0.39, 0.29) is 24.2 Å². The van der Waals surface area contributed by atoms with Crippen molar-refractivity contribution in [3.05, 3.63) is 65.5 Å². The van der Waals surface area contributed by atoms with Crippen LogP contribution in [0.1, 0.15) is 36.9 Å². The molecule has 2 aromatic carbocycles. The zero-order valence-electron chi connectivity index (χ0n) is 15.8. The highest BCUT2D eigenvalue weighted by atomic mass is 19.1. The minimum absolute atomic E-state index is 0.0447. The van der Waals surface area contributed by atoms with Gasteiger partial charge in [0.05, 0.1) is 19.1 Å². The molecule has 27 heavy (non-hydrogen) atoms. The molecule has 5 heteroatoms. The Labute approximate surface area is 160 Å². The van der Waals surface area contributed by atoms with Crippen LogP contribution in [-0.4, -0.2) is 37.0 Å². The molecule has 1 fully saturated rings. The summed E-state index contributed by atoms with van der Waals surface area (Å²) >= 11 is 0. The van der Waals surface area contributed by atoms with Gasteiger partial charge in [0.2, 0.25) is 5.91 Å². The minimum Gasteiger partial charge on any atom is -0.494 e. The molecule has 1 unspecified atom stereocenters. The Bertz CT molecular complexity index is 725. The van der Waals surface area contributed by atoms with Crippen molar-refractivity contribution in [1.82, 2.24) is 10.2 Å². The number of amides is 1. The van der Waals surface area contributed by atoms with Crippen LogP contribution in [0.3, 0.4) is 0 Å². The van der Waals surface area contributed by atoms with Crippen LogP contribution in [-0.2, 0) is 11.2 Å². The third-order valence-electron chi connectivity index (χ3n) is 4.93. The van der Waals surface area contributed by atoms with Gasteiger partial charge in [0.15, 0.2) is 0 Å². The van der Waals surface area contributed by atoms with Gasteiger partial charge in [-0.15, -0.1) is 0 Å². The van der Waals surface area contributed by atoms with E-state index in [1.807, 2.05) is 19.1 Å². The average molecular weight is 370 g/mol. The quantitative estimate of drug-likeness (QED) is 0.770. The summed E-state index contributed by atoms with van der Waals surface area (Å²) in [4.78, 5) is 14.8. The van der Waals surface area contributed by atoms with E-state index < -0.39 is 0 Å². The molecule has 1 N–H and O–H groups in total. The molecule has 3 rings (SSSR count). The van der Waals surface area contributed by atoms with Crippen molar-refractivity contribution < 1.29 is 13.9 Å². The number of rotatable bonds is 8. The Kier molecular flexibility index (Phi) is 6.82. The summed E-state index contributed by atoms with van der Waals surface area (Å²) in [5, 5.41) is 3.06. The van der Waals surface area contributed by atoms with Crippen LogP contribution in [0.2, 0.25) is 0 Å². The van der Waals surface area contributed by atoms with Crippen molar-refractivity contribution in [3.63, 3.8) is 0 Å². The van der Waals surface area contributed by atoms with Gasteiger partial charge < -0.3 is 10.1 Å². The standard InChI is InChI=1S/C22H27FN2O2/c1-2-27-20-11-7-18(8-12-20)21(25-13-3-4-14-25)16-24-22(26)15-17-5-9-19(23)10-6-17/h5-12,21H,2-4,13-16H2,1H3,(H,24,26). The predicted octanol–water partition coefficient (Wildman–Crippen LogP) is 3.72. The van der Waals surface area contributed by atoms with Crippen molar-refractivity contribution in [2.45, 2.75) is 32.2 Å². The van der Waals surface area contributed by atoms with Crippen molar-refractivity contribution in [2.24, 2.45) is 0 Å². The average Bonchev–Trinajstić information content (AvgIpc) is 3.20. The van der Waals surface area contributed by atoms with Crippen LogP contribution in [0.4, 0.5) is 4.39 Å². The highest BCUT2D eigenvalue weighted by molar-refractivity contribution is 5.78. The lowest BCUT2D eigenvalue weighted by Crippen LogP contribution is -2.37. The van der Waals surface area contributed by atoms with Gasteiger partial charge in [0, 0.05) is 6.54 Å². The first-order valence-corrected chi connectivity index (χ1v) is 9.63. The maximum Gasteiger partial charge on any atom is 0.224 e. The van der Waals surface area contributed by atoms with E-state index in [1.165, 1.54) is 30.5 Å². The van der Waals surface area contributed by atoms with Crippen LogP contribution < -0.4 is 10.1 Å². The minimum atomic E-state index is -0.288. The van der Waals surface area contributed by atoms with Gasteiger partial charge in [0.1, 0.15) is 11.6 Å². The SMILES string of the molecule is CCOc1ccc(C(CNC(=O)Cc2ccc(F)cc2)N2CCCC2)cc1. The van der Waals surface area contributed by atoms with Crippen molar-refractivity contribution in [1.29, 1.82) is 0 Å². The molecule has 0 spiro atoms. The maximum atomic E-state index is 13.0. The van der Waals surface area contributed by atoms with Gasteiger partial charge in [-0.3, -0.25) is 9.69 Å². The van der Waals surface area contributed by atoms with Gasteiger partial charge in [0.25, 0.3) is 0 Å². The Balaban J connectivity index is 1.62. The smallest absolute Gasteiger partial charge is 0.224 e. The summed E-state index contributed by atoms with van der Waals surface area (Å²) in [6.07, 6.45) is 2.64. The molecule has 0 saturated carbocycles. The van der Waals surface area contributed by atoms with E-state index in [0.717, 1.165) is 24.4 Å². The van der Waals surface area contributed by atoms with E-state index in [4.69, 9.17) is 4.74 Å². The fraction of sp³-hybridized carbons (Fsp3) is 0.409. The Hall–Kier alpha value is -2.40. The molecule has 1 aliphatic heterocycles. The molecule has 144 valence electrons. The van der Waals surface area contributed by atoms with Gasteiger partial charge >= 0.3 is 0 Å². The molecule has 0 aliphatic carbocycles. The predicted molar refractivity (Wildman–Crippen MR) is 104 cm³/mol. The highest BCUT2D eigenvalue weighted by Gasteiger charge is 2.24. The number of hydrogen-bond acceptors (Lipinski definition) is 3. The lowest BCUT2D eigenvalue weighted by atomic mass is 10.0. The summed E-state index contributed by atoms with van der Waals surface area (Å²) < 4.78 is 18.5. The molecular formula is C22H27FN2O2. The molecule has 2 aromatic rings. The molecule has 4 nitrogen and oxygen atoms in total. The fourth-order valence-electron chi connectivity index (χ4n) is 3.52. The van der Waals surface area contributed by atoms with E-state index in [1.54, 1.807) is 12.1 Å². The van der Waals surface area contributed by atoms with Crippen LogP contribution in [0.25, 0.3) is 0 Å². The second-order valence-electron chi connectivity index (χ2n) is 6.87. The molecule has 1 heterocycles. The third-order valence-corrected chi connectivity index (χ3v) is 4.93. The molecule has 0 radical (unpaired) electrons. The second-order valence-corrected chi connectivity index (χ2v) is 6.87. The summed E-state index contributed by atoms with van der Waals surface area (Å²) in [5.74, 6) is 0.530. The first-order valence-electron chi connectivity index (χ1n) is 9.63. The van der Waals surface area contributed by atoms with E-state index in [9.17, 15) is 9.18 Å². The monoisotopic (exact) mass is 370 g/mol. The number of hydrogen-bond donors (Lipinski definition) is 1.